The van der Waals surface area contributed by atoms with Crippen LogP contribution in [0.25, 0.3) is 0 Å². The molecule has 0 fully saturated rings. The third-order valence-electron chi connectivity index (χ3n) is 4.53. The van der Waals surface area contributed by atoms with Crippen LogP contribution < -0.4 is 24.3 Å². The first-order valence-electron chi connectivity index (χ1n) is 9.58. The molecule has 0 saturated carbocycles. The number of benzene rings is 3. The summed E-state index contributed by atoms with van der Waals surface area (Å²) in [6, 6.07) is 17.1. The number of nitrogens with one attached hydrogen (secondary N) is 1. The van der Waals surface area contributed by atoms with Crippen LogP contribution in [0.3, 0.4) is 0 Å². The predicted molar refractivity (Wildman–Crippen MR) is 118 cm³/mol. The van der Waals surface area contributed by atoms with Crippen LogP contribution in [0.1, 0.15) is 18.1 Å². The molecule has 0 amide bonds. The Labute approximate surface area is 185 Å². The van der Waals surface area contributed by atoms with E-state index in [1.54, 1.807) is 0 Å². The summed E-state index contributed by atoms with van der Waals surface area (Å²) >= 11 is 12.5. The zero-order chi connectivity index (χ0) is 20.9. The SMILES string of the molecule is CCOc1cc(CNc2ccc3c(c2)OCO3)cc(Cl)c1OCc1ccc(Cl)cc1. The van der Waals surface area contributed by atoms with Crippen LogP contribution in [0.2, 0.25) is 10.0 Å². The van der Waals surface area contributed by atoms with E-state index in [0.29, 0.717) is 41.3 Å². The van der Waals surface area contributed by atoms with Crippen molar-refractivity contribution < 1.29 is 18.9 Å². The molecule has 4 rings (SSSR count). The van der Waals surface area contributed by atoms with Gasteiger partial charge in [-0.25, -0.2) is 0 Å². The fourth-order valence-corrected chi connectivity index (χ4v) is 3.49. The minimum atomic E-state index is 0.254. The molecule has 0 aromatic heterocycles. The average Bonchev–Trinajstić information content (AvgIpc) is 3.21. The first-order valence-corrected chi connectivity index (χ1v) is 10.3. The molecule has 3 aromatic rings. The van der Waals surface area contributed by atoms with E-state index in [4.69, 9.17) is 42.1 Å². The van der Waals surface area contributed by atoms with Crippen LogP contribution in [-0.2, 0) is 13.2 Å². The predicted octanol–water partition coefficient (Wildman–Crippen LogP) is 6.31. The molecule has 0 saturated heterocycles. The summed E-state index contributed by atoms with van der Waals surface area (Å²) in [7, 11) is 0. The lowest BCUT2D eigenvalue weighted by Crippen LogP contribution is -2.04. The summed E-state index contributed by atoms with van der Waals surface area (Å²) in [6.07, 6.45) is 0. The quantitative estimate of drug-likeness (QED) is 0.439. The van der Waals surface area contributed by atoms with E-state index in [1.165, 1.54) is 0 Å². The highest BCUT2D eigenvalue weighted by atomic mass is 35.5. The number of rotatable bonds is 8. The molecular weight excluding hydrogens is 425 g/mol. The van der Waals surface area contributed by atoms with Gasteiger partial charge in [-0.3, -0.25) is 0 Å². The molecule has 0 spiro atoms. The van der Waals surface area contributed by atoms with Crippen LogP contribution in [0.4, 0.5) is 5.69 Å². The molecule has 156 valence electrons. The van der Waals surface area contributed by atoms with Gasteiger partial charge in [-0.1, -0.05) is 35.3 Å². The van der Waals surface area contributed by atoms with E-state index in [1.807, 2.05) is 61.5 Å². The van der Waals surface area contributed by atoms with Crippen molar-refractivity contribution in [3.05, 3.63) is 75.8 Å². The molecule has 3 aromatic carbocycles. The Bertz CT molecular complexity index is 1020. The van der Waals surface area contributed by atoms with Crippen molar-refractivity contribution in [3.8, 4) is 23.0 Å². The zero-order valence-corrected chi connectivity index (χ0v) is 17.9. The number of hydrogen-bond donors (Lipinski definition) is 1. The molecule has 0 bridgehead atoms. The summed E-state index contributed by atoms with van der Waals surface area (Å²) in [5.41, 5.74) is 2.89. The summed E-state index contributed by atoms with van der Waals surface area (Å²) in [5, 5.41) is 4.55. The number of halogens is 2. The van der Waals surface area contributed by atoms with Crippen LogP contribution >= 0.6 is 23.2 Å². The van der Waals surface area contributed by atoms with E-state index in [-0.39, 0.29) is 6.79 Å². The van der Waals surface area contributed by atoms with Gasteiger partial charge in [0.15, 0.2) is 23.0 Å². The summed E-state index contributed by atoms with van der Waals surface area (Å²) in [5.74, 6) is 2.63. The van der Waals surface area contributed by atoms with Gasteiger partial charge in [-0.2, -0.15) is 0 Å². The van der Waals surface area contributed by atoms with Crippen molar-refractivity contribution in [2.45, 2.75) is 20.1 Å². The van der Waals surface area contributed by atoms with Gasteiger partial charge < -0.3 is 24.3 Å². The van der Waals surface area contributed by atoms with Gasteiger partial charge in [0, 0.05) is 23.3 Å². The number of anilines is 1. The molecule has 7 heteroatoms. The molecule has 30 heavy (non-hydrogen) atoms. The van der Waals surface area contributed by atoms with Crippen molar-refractivity contribution in [1.82, 2.24) is 0 Å². The Morgan fingerprint density at radius 3 is 2.50 bits per heavy atom. The standard InChI is InChI=1S/C23H21Cl2NO4/c1-2-27-22-10-16(12-26-18-7-8-20-21(11-18)30-14-29-20)9-19(25)23(22)28-13-15-3-5-17(24)6-4-15/h3-11,26H,2,12-14H2,1H3. The van der Waals surface area contributed by atoms with E-state index in [0.717, 1.165) is 28.3 Å². The molecule has 0 aliphatic carbocycles. The molecule has 0 unspecified atom stereocenters. The largest absolute Gasteiger partial charge is 0.490 e. The molecule has 0 atom stereocenters. The second kappa shape index (κ2) is 9.37. The van der Waals surface area contributed by atoms with E-state index in [2.05, 4.69) is 5.32 Å². The third-order valence-corrected chi connectivity index (χ3v) is 5.07. The monoisotopic (exact) mass is 445 g/mol. The van der Waals surface area contributed by atoms with Crippen molar-refractivity contribution in [3.63, 3.8) is 0 Å². The Kier molecular flexibility index (Phi) is 6.41. The van der Waals surface area contributed by atoms with Crippen LogP contribution in [0.5, 0.6) is 23.0 Å². The van der Waals surface area contributed by atoms with Gasteiger partial charge in [0.1, 0.15) is 6.61 Å². The van der Waals surface area contributed by atoms with Gasteiger partial charge in [-0.15, -0.1) is 0 Å². The normalized spacial score (nSPS) is 12.0. The van der Waals surface area contributed by atoms with Gasteiger partial charge in [0.25, 0.3) is 0 Å². The van der Waals surface area contributed by atoms with Crippen molar-refractivity contribution in [1.29, 1.82) is 0 Å². The minimum absolute atomic E-state index is 0.254. The lowest BCUT2D eigenvalue weighted by Gasteiger charge is -2.16. The van der Waals surface area contributed by atoms with E-state index < -0.39 is 0 Å². The lowest BCUT2D eigenvalue weighted by atomic mass is 10.2. The molecule has 5 nitrogen and oxygen atoms in total. The van der Waals surface area contributed by atoms with Gasteiger partial charge >= 0.3 is 0 Å². The number of hydrogen-bond acceptors (Lipinski definition) is 5. The highest BCUT2D eigenvalue weighted by Gasteiger charge is 2.15. The molecule has 1 N–H and O–H groups in total. The second-order valence-electron chi connectivity index (χ2n) is 6.67. The molecule has 1 heterocycles. The Morgan fingerprint density at radius 1 is 0.900 bits per heavy atom. The first-order chi connectivity index (χ1) is 14.6. The maximum Gasteiger partial charge on any atom is 0.231 e. The van der Waals surface area contributed by atoms with Crippen LogP contribution in [0.15, 0.2) is 54.6 Å². The Balaban J connectivity index is 1.47. The fraction of sp³-hybridized carbons (Fsp3) is 0.217. The number of fused-ring (bicyclic) bond motifs is 1. The smallest absolute Gasteiger partial charge is 0.231 e. The van der Waals surface area contributed by atoms with E-state index in [9.17, 15) is 0 Å². The van der Waals surface area contributed by atoms with E-state index >= 15 is 0 Å². The highest BCUT2D eigenvalue weighted by molar-refractivity contribution is 6.32. The maximum atomic E-state index is 6.53. The highest BCUT2D eigenvalue weighted by Crippen LogP contribution is 2.38. The Hall–Kier alpha value is -2.76. The zero-order valence-electron chi connectivity index (χ0n) is 16.4. The van der Waals surface area contributed by atoms with Crippen molar-refractivity contribution in [2.75, 3.05) is 18.7 Å². The van der Waals surface area contributed by atoms with Crippen molar-refractivity contribution in [2.24, 2.45) is 0 Å². The second-order valence-corrected chi connectivity index (χ2v) is 7.52. The average molecular weight is 446 g/mol. The fourth-order valence-electron chi connectivity index (χ4n) is 3.07. The summed E-state index contributed by atoms with van der Waals surface area (Å²) in [4.78, 5) is 0. The summed E-state index contributed by atoms with van der Waals surface area (Å²) in [6.45, 7) is 3.62. The Morgan fingerprint density at radius 2 is 1.70 bits per heavy atom. The van der Waals surface area contributed by atoms with Crippen LogP contribution in [-0.4, -0.2) is 13.4 Å². The lowest BCUT2D eigenvalue weighted by molar-refractivity contribution is 0.174. The minimum Gasteiger partial charge on any atom is -0.490 e. The molecule has 0 radical (unpaired) electrons. The van der Waals surface area contributed by atoms with Crippen LogP contribution in [0, 0.1) is 0 Å². The topological polar surface area (TPSA) is 49.0 Å². The molecule has 1 aliphatic heterocycles. The molecule has 1 aliphatic rings. The maximum absolute atomic E-state index is 6.53. The van der Waals surface area contributed by atoms with Gasteiger partial charge in [0.2, 0.25) is 6.79 Å². The van der Waals surface area contributed by atoms with Crippen molar-refractivity contribution >= 4 is 28.9 Å². The van der Waals surface area contributed by atoms with Gasteiger partial charge in [-0.05, 0) is 54.4 Å². The van der Waals surface area contributed by atoms with Gasteiger partial charge in [0.05, 0.1) is 11.6 Å². The summed E-state index contributed by atoms with van der Waals surface area (Å²) < 4.78 is 22.5. The first kappa shape index (κ1) is 20.5. The molecular formula is C23H21Cl2NO4. The third kappa shape index (κ3) is 4.86. The number of ether oxygens (including phenoxy) is 4.